The minimum atomic E-state index is -0.803. The van der Waals surface area contributed by atoms with Crippen molar-refractivity contribution in [1.29, 1.82) is 0 Å². The van der Waals surface area contributed by atoms with Crippen LogP contribution in [-0.4, -0.2) is 37.2 Å². The highest BCUT2D eigenvalue weighted by Crippen LogP contribution is 2.14. The summed E-state index contributed by atoms with van der Waals surface area (Å²) in [5.41, 5.74) is 0. The summed E-state index contributed by atoms with van der Waals surface area (Å²) in [5.74, 6) is -0.951. The first-order chi connectivity index (χ1) is 33.0. The number of hydrogen-bond acceptors (Lipinski definition) is 6. The number of carbonyl (C=O) groups is 3. The molecule has 0 rings (SSSR count). The summed E-state index contributed by atoms with van der Waals surface area (Å²) in [6.07, 6.45) is 71.4. The Bertz CT molecular complexity index is 1300. The maximum absolute atomic E-state index is 12.8. The highest BCUT2D eigenvalue weighted by Gasteiger charge is 2.19. The Morgan fingerprint density at radius 1 is 0.328 bits per heavy atom. The summed E-state index contributed by atoms with van der Waals surface area (Å²) < 4.78 is 16.8. The molecule has 0 heterocycles. The zero-order valence-corrected chi connectivity index (χ0v) is 43.9. The first-order valence-corrected chi connectivity index (χ1v) is 28.1. The molecular weight excluding hydrogens is 829 g/mol. The summed E-state index contributed by atoms with van der Waals surface area (Å²) in [6, 6.07) is 0. The normalized spacial score (nSPS) is 12.7. The zero-order chi connectivity index (χ0) is 48.6. The summed E-state index contributed by atoms with van der Waals surface area (Å²) in [4.78, 5) is 38.1. The van der Waals surface area contributed by atoms with Crippen molar-refractivity contribution < 1.29 is 28.6 Å². The van der Waals surface area contributed by atoms with Crippen LogP contribution in [0.25, 0.3) is 0 Å². The largest absolute Gasteiger partial charge is 0.462 e. The highest BCUT2D eigenvalue weighted by atomic mass is 16.6. The number of unbranched alkanes of at least 4 members (excludes halogenated alkanes) is 26. The van der Waals surface area contributed by atoms with Crippen LogP contribution in [-0.2, 0) is 28.6 Å². The van der Waals surface area contributed by atoms with Crippen LogP contribution >= 0.6 is 0 Å². The van der Waals surface area contributed by atoms with Crippen molar-refractivity contribution in [3.8, 4) is 0 Å². The standard InChI is InChI=1S/C61H104O6/c1-4-7-10-13-16-19-22-25-28-30-31-32-34-36-39-42-45-48-51-54-60(63)66-57-58(56-65-59(62)53-50-47-44-41-38-35-27-24-21-18-15-12-9-6-3)67-61(64)55-52-49-46-43-40-37-33-29-26-23-20-17-14-11-8-5-2/h7,10,16,19,25,28-29,31-33,35,37-38,40,58H,4-6,8-9,11-15,17-18,20-24,26-27,30,34,36,39,41-57H2,1-3H3/b10-7-,19-16-,28-25-,32-31-,33-29-,38-35-,40-37-. The summed E-state index contributed by atoms with van der Waals surface area (Å²) >= 11 is 0. The molecule has 0 aromatic carbocycles. The average molecular weight is 933 g/mol. The average Bonchev–Trinajstić information content (AvgIpc) is 3.33. The Labute approximate surface area is 414 Å². The topological polar surface area (TPSA) is 78.9 Å². The molecule has 0 fully saturated rings. The lowest BCUT2D eigenvalue weighted by Gasteiger charge is -2.18. The molecule has 0 spiro atoms. The molecule has 6 nitrogen and oxygen atoms in total. The molecule has 67 heavy (non-hydrogen) atoms. The van der Waals surface area contributed by atoms with Crippen LogP contribution in [0, 0.1) is 0 Å². The molecule has 0 bridgehead atoms. The van der Waals surface area contributed by atoms with Crippen LogP contribution in [0.15, 0.2) is 85.1 Å². The van der Waals surface area contributed by atoms with Crippen LogP contribution < -0.4 is 0 Å². The van der Waals surface area contributed by atoms with Gasteiger partial charge in [0.05, 0.1) is 0 Å². The monoisotopic (exact) mass is 933 g/mol. The second-order valence-corrected chi connectivity index (χ2v) is 18.5. The molecular formula is C61H104O6. The minimum absolute atomic E-state index is 0.0996. The smallest absolute Gasteiger partial charge is 0.306 e. The lowest BCUT2D eigenvalue weighted by atomic mass is 10.1. The lowest BCUT2D eigenvalue weighted by Crippen LogP contribution is -2.30. The summed E-state index contributed by atoms with van der Waals surface area (Å²) in [6.45, 7) is 6.48. The SMILES string of the molecule is CC/C=C\C/C=C\C/C=C\C/C=C\CCCCCCCCC(=O)OCC(COC(=O)CCCCC/C=C\CCCCCCCCC)OC(=O)CCCCC/C=C\C=C/CCCCCCCCC. The summed E-state index contributed by atoms with van der Waals surface area (Å²) in [5, 5.41) is 0. The van der Waals surface area contributed by atoms with Gasteiger partial charge < -0.3 is 14.2 Å². The maximum Gasteiger partial charge on any atom is 0.306 e. The van der Waals surface area contributed by atoms with Gasteiger partial charge in [0.25, 0.3) is 0 Å². The molecule has 384 valence electrons. The third-order valence-corrected chi connectivity index (χ3v) is 11.9. The molecule has 0 aromatic rings. The molecule has 6 heteroatoms. The van der Waals surface area contributed by atoms with Crippen molar-refractivity contribution in [3.05, 3.63) is 85.1 Å². The number of hydrogen-bond donors (Lipinski definition) is 0. The Hall–Kier alpha value is -3.41. The molecule has 0 saturated carbocycles. The van der Waals surface area contributed by atoms with Gasteiger partial charge in [0.15, 0.2) is 6.10 Å². The predicted octanol–water partition coefficient (Wildman–Crippen LogP) is 18.8. The van der Waals surface area contributed by atoms with Gasteiger partial charge in [0.2, 0.25) is 0 Å². The number of ether oxygens (including phenoxy) is 3. The molecule has 0 amide bonds. The van der Waals surface area contributed by atoms with E-state index >= 15 is 0 Å². The molecule has 1 unspecified atom stereocenters. The van der Waals surface area contributed by atoms with Crippen LogP contribution in [0.2, 0.25) is 0 Å². The Morgan fingerprint density at radius 2 is 0.627 bits per heavy atom. The molecule has 0 saturated heterocycles. The number of carbonyl (C=O) groups excluding carboxylic acids is 3. The van der Waals surface area contributed by atoms with Crippen LogP contribution in [0.5, 0.6) is 0 Å². The maximum atomic E-state index is 12.8. The Morgan fingerprint density at radius 3 is 1.03 bits per heavy atom. The van der Waals surface area contributed by atoms with Gasteiger partial charge in [0.1, 0.15) is 13.2 Å². The number of esters is 3. The van der Waals surface area contributed by atoms with Crippen molar-refractivity contribution in [2.45, 2.75) is 271 Å². The van der Waals surface area contributed by atoms with E-state index in [0.29, 0.717) is 12.8 Å². The summed E-state index contributed by atoms with van der Waals surface area (Å²) in [7, 11) is 0. The van der Waals surface area contributed by atoms with E-state index in [1.54, 1.807) is 0 Å². The van der Waals surface area contributed by atoms with Crippen molar-refractivity contribution in [2.24, 2.45) is 0 Å². The van der Waals surface area contributed by atoms with Crippen molar-refractivity contribution in [2.75, 3.05) is 13.2 Å². The fourth-order valence-corrected chi connectivity index (χ4v) is 7.65. The van der Waals surface area contributed by atoms with Crippen LogP contribution in [0.1, 0.15) is 265 Å². The molecule has 0 aliphatic rings. The third-order valence-electron chi connectivity index (χ3n) is 11.9. The fraction of sp³-hybridized carbons (Fsp3) is 0.721. The number of allylic oxidation sites excluding steroid dienone is 14. The van der Waals surface area contributed by atoms with Gasteiger partial charge in [-0.1, -0.05) is 221 Å². The van der Waals surface area contributed by atoms with Gasteiger partial charge >= 0.3 is 17.9 Å². The van der Waals surface area contributed by atoms with E-state index in [0.717, 1.165) is 122 Å². The third kappa shape index (κ3) is 53.4. The highest BCUT2D eigenvalue weighted by molar-refractivity contribution is 5.71. The molecule has 0 aromatic heterocycles. The Balaban J connectivity index is 4.46. The quantitative estimate of drug-likeness (QED) is 0.0199. The van der Waals surface area contributed by atoms with E-state index < -0.39 is 6.10 Å². The van der Waals surface area contributed by atoms with Gasteiger partial charge in [-0.15, -0.1) is 0 Å². The molecule has 1 atom stereocenters. The Kier molecular flexibility index (Phi) is 52.4. The fourth-order valence-electron chi connectivity index (χ4n) is 7.65. The molecule has 0 radical (unpaired) electrons. The van der Waals surface area contributed by atoms with E-state index in [4.69, 9.17) is 14.2 Å². The zero-order valence-electron chi connectivity index (χ0n) is 43.9. The lowest BCUT2D eigenvalue weighted by molar-refractivity contribution is -0.167. The first kappa shape index (κ1) is 63.6. The van der Waals surface area contributed by atoms with E-state index in [2.05, 4.69) is 106 Å². The second-order valence-electron chi connectivity index (χ2n) is 18.5. The van der Waals surface area contributed by atoms with E-state index in [1.165, 1.54) is 103 Å². The van der Waals surface area contributed by atoms with E-state index in [-0.39, 0.29) is 37.5 Å². The number of rotatable bonds is 50. The second kappa shape index (κ2) is 55.2. The molecule has 0 aliphatic carbocycles. The first-order valence-electron chi connectivity index (χ1n) is 28.1. The van der Waals surface area contributed by atoms with Gasteiger partial charge in [0, 0.05) is 19.3 Å². The van der Waals surface area contributed by atoms with E-state index in [1.807, 2.05) is 0 Å². The van der Waals surface area contributed by atoms with Crippen molar-refractivity contribution >= 4 is 17.9 Å². The minimum Gasteiger partial charge on any atom is -0.462 e. The van der Waals surface area contributed by atoms with Gasteiger partial charge in [-0.3, -0.25) is 14.4 Å². The van der Waals surface area contributed by atoms with Crippen molar-refractivity contribution in [1.82, 2.24) is 0 Å². The van der Waals surface area contributed by atoms with Crippen LogP contribution in [0.3, 0.4) is 0 Å². The van der Waals surface area contributed by atoms with Gasteiger partial charge in [-0.2, -0.15) is 0 Å². The predicted molar refractivity (Wildman–Crippen MR) is 288 cm³/mol. The van der Waals surface area contributed by atoms with Crippen LogP contribution in [0.4, 0.5) is 0 Å². The molecule has 0 aliphatic heterocycles. The molecule has 0 N–H and O–H groups in total. The van der Waals surface area contributed by atoms with Gasteiger partial charge in [-0.05, 0) is 109 Å². The van der Waals surface area contributed by atoms with Crippen molar-refractivity contribution in [3.63, 3.8) is 0 Å². The van der Waals surface area contributed by atoms with E-state index in [9.17, 15) is 14.4 Å². The van der Waals surface area contributed by atoms with Gasteiger partial charge in [-0.25, -0.2) is 0 Å².